The molecule has 5 heterocycles. The summed E-state index contributed by atoms with van der Waals surface area (Å²) in [6.07, 6.45) is 7.00. The molecular formula is C37H42N8O4. The normalized spacial score (nSPS) is 16.4. The number of anilines is 1. The third-order valence-corrected chi connectivity index (χ3v) is 8.72. The van der Waals surface area contributed by atoms with Crippen molar-refractivity contribution in [1.82, 2.24) is 33.6 Å². The maximum absolute atomic E-state index is 14.1. The van der Waals surface area contributed by atoms with Crippen LogP contribution < -0.4 is 16.1 Å². The zero-order chi connectivity index (χ0) is 35.4. The number of piperidine rings is 1. The largest absolute Gasteiger partial charge is 0.340 e. The molecule has 0 saturated carbocycles. The average Bonchev–Trinajstić information content (AvgIpc) is 3.62. The van der Waals surface area contributed by atoms with Crippen molar-refractivity contribution in [2.24, 2.45) is 7.05 Å². The number of nitrogens with zero attached hydrogens (tertiary/aromatic N) is 8. The first-order chi connectivity index (χ1) is 23.7. The minimum atomic E-state index is -0.546. The van der Waals surface area contributed by atoms with E-state index < -0.39 is 17.3 Å². The molecule has 12 heteroatoms. The molecule has 0 N–H and O–H groups in total. The summed E-state index contributed by atoms with van der Waals surface area (Å²) in [5.41, 5.74) is 1.48. The van der Waals surface area contributed by atoms with Crippen molar-refractivity contribution in [3.05, 3.63) is 92.6 Å². The fourth-order valence-electron chi connectivity index (χ4n) is 6.41. The molecular weight excluding hydrogens is 620 g/mol. The number of amides is 2. The molecule has 49 heavy (non-hydrogen) atoms. The number of carbonyl (C=O) groups excluding carboxylic acids is 2. The number of carbonyl (C=O) groups is 2. The summed E-state index contributed by atoms with van der Waals surface area (Å²) in [4.78, 5) is 71.9. The van der Waals surface area contributed by atoms with E-state index in [4.69, 9.17) is 4.98 Å². The van der Waals surface area contributed by atoms with Crippen LogP contribution in [0.3, 0.4) is 0 Å². The van der Waals surface area contributed by atoms with Gasteiger partial charge in [-0.3, -0.25) is 33.0 Å². The lowest BCUT2D eigenvalue weighted by Crippen LogP contribution is -2.51. The molecule has 0 radical (unpaired) electrons. The lowest BCUT2D eigenvalue weighted by atomic mass is 10.0. The Balaban J connectivity index is 0.00000230. The Labute approximate surface area is 285 Å². The summed E-state index contributed by atoms with van der Waals surface area (Å²) < 4.78 is 4.20. The predicted molar refractivity (Wildman–Crippen MR) is 191 cm³/mol. The van der Waals surface area contributed by atoms with E-state index in [0.29, 0.717) is 48.9 Å². The summed E-state index contributed by atoms with van der Waals surface area (Å²) in [6, 6.07) is 7.16. The Bertz CT molecular complexity index is 2210. The molecule has 2 aliphatic rings. The molecule has 0 bridgehead atoms. The molecule has 1 atom stereocenters. The molecule has 254 valence electrons. The molecule has 1 saturated heterocycles. The molecule has 0 spiro atoms. The van der Waals surface area contributed by atoms with E-state index in [1.165, 1.54) is 15.5 Å². The number of allylic oxidation sites excluding steroid dienone is 1. The highest BCUT2D eigenvalue weighted by atomic mass is 16.2. The zero-order valence-electron chi connectivity index (χ0n) is 29.0. The Morgan fingerprint density at radius 2 is 1.76 bits per heavy atom. The van der Waals surface area contributed by atoms with Gasteiger partial charge in [-0.05, 0) is 39.2 Å². The highest BCUT2D eigenvalue weighted by Crippen LogP contribution is 2.30. The Kier molecular flexibility index (Phi) is 10.4. The number of para-hydroxylation sites is 1. The van der Waals surface area contributed by atoms with Crippen LogP contribution in [0.4, 0.5) is 5.95 Å². The minimum absolute atomic E-state index is 0.120. The van der Waals surface area contributed by atoms with Gasteiger partial charge >= 0.3 is 5.69 Å². The standard InChI is InChI=1S/C35H36N8O4.C2H6/c1-6-9-15-26-24(8-3)31(44)43(32(26)45)23-14-13-18-40(20-23)34-38-30-29(41(34)19-10-7-2)33(46)42(35(47)39(30)5)21-28-36-22(4)25-16-11-12-17-27(25)37-28;1-2/h8-9,11-12,15-17,23H,3,6,13-14,18-21H2,1-2,4-5H3;1-2H3/b15-9-;. The van der Waals surface area contributed by atoms with E-state index in [1.54, 1.807) is 24.6 Å². The maximum atomic E-state index is 14.1. The molecule has 12 nitrogen and oxygen atoms in total. The minimum Gasteiger partial charge on any atom is -0.340 e. The predicted octanol–water partition coefficient (Wildman–Crippen LogP) is 4.03. The summed E-state index contributed by atoms with van der Waals surface area (Å²) in [7, 11) is 1.58. The number of imidazole rings is 1. The van der Waals surface area contributed by atoms with E-state index in [2.05, 4.69) is 28.4 Å². The number of hydrogen-bond donors (Lipinski definition) is 0. The maximum Gasteiger partial charge on any atom is 0.332 e. The van der Waals surface area contributed by atoms with Crippen LogP contribution in [0.5, 0.6) is 0 Å². The van der Waals surface area contributed by atoms with Gasteiger partial charge in [0.1, 0.15) is 5.82 Å². The molecule has 0 aliphatic carbocycles. The highest BCUT2D eigenvalue weighted by Gasteiger charge is 2.42. The molecule has 6 rings (SSSR count). The van der Waals surface area contributed by atoms with Crippen molar-refractivity contribution < 1.29 is 9.59 Å². The lowest BCUT2D eigenvalue weighted by molar-refractivity contribution is -0.140. The molecule has 1 fully saturated rings. The van der Waals surface area contributed by atoms with Gasteiger partial charge in [0.15, 0.2) is 11.2 Å². The van der Waals surface area contributed by atoms with Gasteiger partial charge in [-0.1, -0.05) is 69.7 Å². The summed E-state index contributed by atoms with van der Waals surface area (Å²) in [5, 5.41) is 0.898. The number of aryl methyl sites for hydroxylation is 2. The lowest BCUT2D eigenvalue weighted by Gasteiger charge is -2.37. The van der Waals surface area contributed by atoms with Crippen molar-refractivity contribution >= 4 is 39.8 Å². The van der Waals surface area contributed by atoms with Crippen LogP contribution >= 0.6 is 0 Å². The number of fused-ring (bicyclic) bond motifs is 2. The molecule has 1 aromatic carbocycles. The third-order valence-electron chi connectivity index (χ3n) is 8.72. The van der Waals surface area contributed by atoms with Crippen molar-refractivity contribution in [2.75, 3.05) is 18.0 Å². The van der Waals surface area contributed by atoms with Gasteiger partial charge in [0, 0.05) is 31.2 Å². The van der Waals surface area contributed by atoms with Gasteiger partial charge in [-0.15, -0.1) is 5.92 Å². The van der Waals surface area contributed by atoms with E-state index in [1.807, 2.05) is 62.9 Å². The van der Waals surface area contributed by atoms with Gasteiger partial charge in [-0.25, -0.2) is 14.8 Å². The Morgan fingerprint density at radius 3 is 2.47 bits per heavy atom. The third kappa shape index (κ3) is 6.24. The molecule has 4 aromatic rings. The van der Waals surface area contributed by atoms with Crippen LogP contribution in [0.15, 0.2) is 69.8 Å². The Hall–Kier alpha value is -5.57. The van der Waals surface area contributed by atoms with Crippen LogP contribution in [0.1, 0.15) is 58.5 Å². The van der Waals surface area contributed by atoms with Crippen LogP contribution in [0.2, 0.25) is 0 Å². The van der Waals surface area contributed by atoms with Gasteiger partial charge < -0.3 is 4.90 Å². The quantitative estimate of drug-likeness (QED) is 0.204. The van der Waals surface area contributed by atoms with E-state index >= 15 is 0 Å². The number of aromatic nitrogens is 6. The number of rotatable bonds is 8. The number of imide groups is 1. The van der Waals surface area contributed by atoms with Crippen molar-refractivity contribution in [2.45, 2.75) is 73.0 Å². The van der Waals surface area contributed by atoms with Crippen LogP contribution in [-0.4, -0.2) is 64.5 Å². The zero-order valence-corrected chi connectivity index (χ0v) is 29.0. The van der Waals surface area contributed by atoms with Crippen molar-refractivity contribution in [1.29, 1.82) is 0 Å². The first-order valence-corrected chi connectivity index (χ1v) is 16.7. The fraction of sp³-hybridized carbons (Fsp3) is 0.378. The summed E-state index contributed by atoms with van der Waals surface area (Å²) in [6.45, 7) is 14.2. The Morgan fingerprint density at radius 1 is 1.02 bits per heavy atom. The molecule has 2 aliphatic heterocycles. The van der Waals surface area contributed by atoms with Crippen LogP contribution in [0.25, 0.3) is 22.1 Å². The topological polar surface area (TPSA) is 128 Å². The fourth-order valence-corrected chi connectivity index (χ4v) is 6.41. The second kappa shape index (κ2) is 14.7. The van der Waals surface area contributed by atoms with Gasteiger partial charge in [0.2, 0.25) is 5.95 Å². The molecule has 1 unspecified atom stereocenters. The van der Waals surface area contributed by atoms with Gasteiger partial charge in [0.25, 0.3) is 17.4 Å². The highest BCUT2D eigenvalue weighted by molar-refractivity contribution is 6.22. The van der Waals surface area contributed by atoms with Crippen LogP contribution in [0, 0.1) is 18.8 Å². The second-order valence-electron chi connectivity index (χ2n) is 11.6. The molecule has 3 aromatic heterocycles. The van der Waals surface area contributed by atoms with Crippen molar-refractivity contribution in [3.63, 3.8) is 0 Å². The molecule has 2 amide bonds. The van der Waals surface area contributed by atoms with E-state index in [9.17, 15) is 19.2 Å². The van der Waals surface area contributed by atoms with Crippen molar-refractivity contribution in [3.8, 4) is 11.8 Å². The van der Waals surface area contributed by atoms with E-state index in [-0.39, 0.29) is 36.1 Å². The summed E-state index contributed by atoms with van der Waals surface area (Å²) >= 11 is 0. The van der Waals surface area contributed by atoms with Gasteiger partial charge in [0.05, 0.1) is 35.8 Å². The van der Waals surface area contributed by atoms with Crippen LogP contribution in [-0.2, 0) is 29.7 Å². The van der Waals surface area contributed by atoms with E-state index in [0.717, 1.165) is 27.6 Å². The summed E-state index contributed by atoms with van der Waals surface area (Å²) in [5.74, 6) is 6.01. The monoisotopic (exact) mass is 662 g/mol. The number of hydrogen-bond acceptors (Lipinski definition) is 8. The number of benzene rings is 1. The first-order valence-electron chi connectivity index (χ1n) is 16.7. The SMILES string of the molecule is C=CC1=C(/C=C\CC)C(=O)N(C2CCCN(c3nc4c(c(=O)n(Cc5nc(C)c6ccccc6n5)c(=O)n4C)n3CC#CC)C2)C1=O.CC. The first kappa shape index (κ1) is 34.8. The van der Waals surface area contributed by atoms with Gasteiger partial charge in [-0.2, -0.15) is 4.98 Å². The second-order valence-corrected chi connectivity index (χ2v) is 11.6. The average molecular weight is 663 g/mol. The smallest absolute Gasteiger partial charge is 0.332 e.